The molecule has 7 saturated heterocycles. The summed E-state index contributed by atoms with van der Waals surface area (Å²) < 4.78 is 143. The monoisotopic (exact) mass is 1610 g/mol. The summed E-state index contributed by atoms with van der Waals surface area (Å²) in [6.45, 7) is 10.4. The van der Waals surface area contributed by atoms with Gasteiger partial charge in [-0.1, -0.05) is 124 Å². The van der Waals surface area contributed by atoms with E-state index < -0.39 is 97.8 Å². The number of rotatable bonds is 25. The predicted molar refractivity (Wildman–Crippen MR) is 392 cm³/mol. The van der Waals surface area contributed by atoms with E-state index in [1.54, 1.807) is 12.1 Å². The van der Waals surface area contributed by atoms with E-state index in [-0.39, 0.29) is 150 Å². The van der Waals surface area contributed by atoms with Crippen molar-refractivity contribution in [1.82, 2.24) is 24.3 Å². The Kier molecular flexibility index (Phi) is 31.1. The van der Waals surface area contributed by atoms with Crippen LogP contribution in [-0.2, 0) is 108 Å². The first-order valence-corrected chi connectivity index (χ1v) is 40.9. The van der Waals surface area contributed by atoms with Crippen LogP contribution in [0.3, 0.4) is 0 Å². The number of benzene rings is 5. The number of ether oxygens (including phenoxy) is 13. The lowest BCUT2D eigenvalue weighted by Gasteiger charge is -2.31. The Morgan fingerprint density at radius 1 is 0.541 bits per heavy atom. The summed E-state index contributed by atoms with van der Waals surface area (Å²) in [6.07, 6.45) is -2.65. The number of aliphatic hydroxyl groups is 3. The fraction of sp³-hybridized carbons (Fsp3) is 0.533. The molecule has 14 rings (SSSR count). The molecule has 0 aliphatic carbocycles. The summed E-state index contributed by atoms with van der Waals surface area (Å²) in [4.78, 5) is 64.5. The van der Waals surface area contributed by atoms with E-state index in [0.29, 0.717) is 47.9 Å². The SMILES string of the molecule is CC(C)CN(CC(O)C(Cc1ccccc1)NC(=O)OC1COC2OCCC12)S(=O)(=O)c1ccc2c(c1)OCO2.CC(C)CN(CC(O)C(Cc1ccccc1)NC(=O)OCc1ccccc1)S(=O)(=O)c1ccc2c(c1)OCO2.CS(=O)O.O=C(OC1COC2OCCC12)ON1C(=O)CCC1=O.OC1COC2OCCC12. The van der Waals surface area contributed by atoms with Gasteiger partial charge >= 0.3 is 18.3 Å². The molecule has 9 aliphatic rings. The van der Waals surface area contributed by atoms with Crippen molar-refractivity contribution < 1.29 is 131 Å². The van der Waals surface area contributed by atoms with E-state index in [9.17, 15) is 56.1 Å². The van der Waals surface area contributed by atoms with E-state index in [1.807, 2.05) is 119 Å². The molecule has 14 atom stereocenters. The lowest BCUT2D eigenvalue weighted by Crippen LogP contribution is -2.51. The summed E-state index contributed by atoms with van der Waals surface area (Å²) in [7, 11) is -8.01. The molecule has 6 N–H and O–H groups in total. The minimum atomic E-state index is -4.01. The van der Waals surface area contributed by atoms with Gasteiger partial charge in [-0.05, 0) is 84.9 Å². The van der Waals surface area contributed by atoms with Gasteiger partial charge in [-0.25, -0.2) is 35.4 Å². The van der Waals surface area contributed by atoms with Gasteiger partial charge < -0.3 is 92.1 Å². The Labute approximate surface area is 646 Å². The first-order chi connectivity index (χ1) is 53.2. The third-order valence-electron chi connectivity index (χ3n) is 18.9. The molecule has 9 heterocycles. The van der Waals surface area contributed by atoms with Gasteiger partial charge in [0.1, 0.15) is 29.9 Å². The molecular weight excluding hydrogens is 1520 g/mol. The van der Waals surface area contributed by atoms with Crippen LogP contribution in [0.4, 0.5) is 14.4 Å². The number of carbonyl (C=O) groups is 5. The number of aliphatic hydroxyl groups excluding tert-OH is 3. The molecule has 5 aromatic rings. The largest absolute Gasteiger partial charge is 0.534 e. The Morgan fingerprint density at radius 2 is 0.937 bits per heavy atom. The van der Waals surface area contributed by atoms with Gasteiger partial charge in [-0.2, -0.15) is 8.61 Å². The number of alkyl carbamates (subject to hydrolysis) is 2. The van der Waals surface area contributed by atoms with Gasteiger partial charge in [0.05, 0.1) is 91.7 Å². The van der Waals surface area contributed by atoms with Gasteiger partial charge in [-0.15, -0.1) is 0 Å². The number of nitrogens with zero attached hydrogens (tertiary/aromatic N) is 3. The van der Waals surface area contributed by atoms with Gasteiger partial charge in [0.25, 0.3) is 11.8 Å². The normalized spacial score (nSPS) is 23.8. The van der Waals surface area contributed by atoms with E-state index in [4.69, 9.17) is 70.3 Å². The maximum absolute atomic E-state index is 13.7. The second-order valence-corrected chi connectivity index (χ2v) is 32.9. The number of fused-ring (bicyclic) bond motifs is 5. The van der Waals surface area contributed by atoms with Crippen LogP contribution in [-0.4, -0.2) is 232 Å². The molecule has 0 saturated carbocycles. The summed E-state index contributed by atoms with van der Waals surface area (Å²) in [5, 5.41) is 37.9. The van der Waals surface area contributed by atoms with Gasteiger partial charge in [-0.3, -0.25) is 14.4 Å². The average Bonchev–Trinajstić information content (AvgIpc) is 1.08. The van der Waals surface area contributed by atoms with E-state index in [0.717, 1.165) is 42.6 Å². The van der Waals surface area contributed by atoms with Crippen LogP contribution in [0, 0.1) is 29.6 Å². The molecule has 14 unspecified atom stereocenters. The number of carbonyl (C=O) groups excluding carboxylic acids is 5. The van der Waals surface area contributed by atoms with Crippen LogP contribution in [0.5, 0.6) is 23.0 Å². The van der Waals surface area contributed by atoms with Crippen LogP contribution in [0.1, 0.15) is 76.5 Å². The highest BCUT2D eigenvalue weighted by Gasteiger charge is 2.47. The van der Waals surface area contributed by atoms with Gasteiger partial charge in [0.2, 0.25) is 33.6 Å². The van der Waals surface area contributed by atoms with Crippen molar-refractivity contribution in [3.05, 3.63) is 144 Å². The second kappa shape index (κ2) is 40.5. The molecule has 0 radical (unpaired) electrons. The zero-order chi connectivity index (χ0) is 79.4. The van der Waals surface area contributed by atoms with Gasteiger partial charge in [0, 0.05) is 63.3 Å². The number of imide groups is 1. The Hall–Kier alpha value is -8.18. The summed E-state index contributed by atoms with van der Waals surface area (Å²) in [5.74, 6) is 0.753. The Balaban J connectivity index is 0.000000170. The van der Waals surface area contributed by atoms with Crippen molar-refractivity contribution in [3.8, 4) is 23.0 Å². The predicted octanol–water partition coefficient (Wildman–Crippen LogP) is 6.03. The topological polar surface area (TPSA) is 415 Å². The highest BCUT2D eigenvalue weighted by molar-refractivity contribution is 7.89. The Bertz CT molecular complexity index is 4120. The number of nitrogens with one attached hydrogen (secondary N) is 2. The molecule has 7 fully saturated rings. The average molecular weight is 1610 g/mol. The molecule has 0 bridgehead atoms. The van der Waals surface area contributed by atoms with E-state index in [1.165, 1.54) is 39.1 Å². The molecule has 111 heavy (non-hydrogen) atoms. The molecule has 608 valence electrons. The van der Waals surface area contributed by atoms with Crippen molar-refractivity contribution in [3.63, 3.8) is 0 Å². The highest BCUT2D eigenvalue weighted by atomic mass is 32.2. The molecule has 5 aromatic carbocycles. The fourth-order valence-electron chi connectivity index (χ4n) is 13.4. The summed E-state index contributed by atoms with van der Waals surface area (Å²) in [5.41, 5.74) is 2.57. The molecule has 0 spiro atoms. The molecule has 36 heteroatoms. The number of amides is 4. The van der Waals surface area contributed by atoms with Crippen LogP contribution < -0.4 is 29.6 Å². The van der Waals surface area contributed by atoms with Crippen LogP contribution in [0.15, 0.2) is 137 Å². The number of hydroxylamine groups is 2. The maximum Gasteiger partial charge on any atom is 0.534 e. The minimum Gasteiger partial charge on any atom is -0.454 e. The molecule has 9 aliphatic heterocycles. The zero-order valence-electron chi connectivity index (χ0n) is 62.1. The third-order valence-corrected chi connectivity index (χ3v) is 22.5. The van der Waals surface area contributed by atoms with Crippen molar-refractivity contribution in [2.24, 2.45) is 29.6 Å². The standard InChI is InChI=1S/C29H34N2O7S.C28H36N2O9S.C11H13NO7.C6H10O3.CH4O2S/c1-21(2)17-31(39(34,35)24-13-14-27-28(16-24)38-20-37-27)18-26(32)25(15-22-9-5-3-6-10-22)30-29(33)36-19-23-11-7-4-8-12-23;1-18(2)14-30(40(33,34)20-8-9-24-25(13-20)38-17-37-24)15-23(31)22(12-19-6-4-3-5-7-19)29-28(32)39-26-16-36-27-21(26)10-11-35-27;13-8-1-2-9(14)12(8)19-11(15)18-7-5-17-10-6(7)3-4-16-10;7-5-3-9-6-4(5)1-2-8-6;1-4(2)3/h3-14,16,21,25-26,32H,15,17-20H2,1-2H3,(H,30,33);3-9,13,18,21-23,26-27,31H,10-12,14-17H2,1-2H3,(H,29,32);6-7,10H,1-5H2;4-7H,1-3H2;1H3,(H,2,3). The number of hydrogen-bond donors (Lipinski definition) is 6. The zero-order valence-corrected chi connectivity index (χ0v) is 64.5. The van der Waals surface area contributed by atoms with Crippen molar-refractivity contribution in [2.75, 3.05) is 85.7 Å². The van der Waals surface area contributed by atoms with Crippen LogP contribution in [0.2, 0.25) is 0 Å². The molecule has 4 amide bonds. The third kappa shape index (κ3) is 24.2. The van der Waals surface area contributed by atoms with E-state index in [2.05, 4.69) is 15.5 Å². The fourth-order valence-corrected chi connectivity index (χ4v) is 16.6. The van der Waals surface area contributed by atoms with Gasteiger partial charge in [0.15, 0.2) is 41.9 Å². The molecular formula is C75H97N5O28S3. The lowest BCUT2D eigenvalue weighted by molar-refractivity contribution is -0.179. The van der Waals surface area contributed by atoms with Crippen LogP contribution >= 0.6 is 0 Å². The first kappa shape index (κ1) is 85.3. The highest BCUT2D eigenvalue weighted by Crippen LogP contribution is 2.39. The summed E-state index contributed by atoms with van der Waals surface area (Å²) >= 11 is -1.61. The van der Waals surface area contributed by atoms with Crippen LogP contribution in [0.25, 0.3) is 0 Å². The van der Waals surface area contributed by atoms with E-state index >= 15 is 0 Å². The summed E-state index contributed by atoms with van der Waals surface area (Å²) in [6, 6.07) is 35.2. The minimum absolute atomic E-state index is 0.0162. The number of hydrogen-bond acceptors (Lipinski definition) is 27. The van der Waals surface area contributed by atoms with Crippen molar-refractivity contribution in [1.29, 1.82) is 0 Å². The smallest absolute Gasteiger partial charge is 0.454 e. The maximum atomic E-state index is 13.7. The molecule has 0 aromatic heterocycles. The lowest BCUT2D eigenvalue weighted by atomic mass is 10.0. The second-order valence-electron chi connectivity index (χ2n) is 28.1. The first-order valence-electron chi connectivity index (χ1n) is 36.5. The number of sulfonamides is 2. The van der Waals surface area contributed by atoms with Crippen molar-refractivity contribution in [2.45, 2.75) is 151 Å². The van der Waals surface area contributed by atoms with Crippen molar-refractivity contribution >= 4 is 61.3 Å². The Morgan fingerprint density at radius 3 is 1.38 bits per heavy atom. The quantitative estimate of drug-likeness (QED) is 0.0168. The molecule has 33 nitrogen and oxygen atoms in total.